The van der Waals surface area contributed by atoms with Gasteiger partial charge in [0.1, 0.15) is 6.04 Å². The molecule has 37 heavy (non-hydrogen) atoms. The summed E-state index contributed by atoms with van der Waals surface area (Å²) in [6.07, 6.45) is 4.93. The molecule has 2 amide bonds. The minimum absolute atomic E-state index is 0.0287. The third-order valence-electron chi connectivity index (χ3n) is 7.27. The molecule has 2 fully saturated rings. The van der Waals surface area contributed by atoms with Crippen molar-refractivity contribution in [1.82, 2.24) is 19.9 Å². The summed E-state index contributed by atoms with van der Waals surface area (Å²) in [5.41, 5.74) is 2.41. The number of rotatable bonds is 11. The molecule has 0 aliphatic carbocycles. The fraction of sp³-hybridized carbons (Fsp3) is 0.583. The van der Waals surface area contributed by atoms with E-state index in [1.165, 1.54) is 18.5 Å². The second-order valence-electron chi connectivity index (χ2n) is 9.58. The number of nitrogens with zero attached hydrogens (tertiary/aromatic N) is 3. The van der Waals surface area contributed by atoms with E-state index < -0.39 is 22.0 Å². The van der Waals surface area contributed by atoms with Crippen LogP contribution < -0.4 is 16.0 Å². The Morgan fingerprint density at radius 2 is 1.54 bits per heavy atom. The Bertz CT molecular complexity index is 1060. The largest absolute Gasteiger partial charge is 0.480 e. The highest BCUT2D eigenvalue weighted by Gasteiger charge is 2.39. The number of likely N-dealkylation sites (tertiary alicyclic amines) is 2. The summed E-state index contributed by atoms with van der Waals surface area (Å²) in [6.45, 7) is 2.90. The Balaban J connectivity index is 1.44. The van der Waals surface area contributed by atoms with Gasteiger partial charge in [0.05, 0.1) is 11.2 Å². The summed E-state index contributed by atoms with van der Waals surface area (Å²) in [5.74, 6) is 3.68. The molecule has 12 nitrogen and oxygen atoms in total. The molecule has 1 spiro atoms. The number of nitrogens with one attached hydrogen (secondary N) is 2. The van der Waals surface area contributed by atoms with Crippen molar-refractivity contribution in [1.29, 1.82) is 0 Å². The Morgan fingerprint density at radius 3 is 2.05 bits per heavy atom. The van der Waals surface area contributed by atoms with Crippen molar-refractivity contribution in [2.75, 3.05) is 32.7 Å². The van der Waals surface area contributed by atoms with Gasteiger partial charge in [-0.15, -0.1) is 0 Å². The molecule has 204 valence electrons. The number of aliphatic imine (C=N–C) groups is 1. The van der Waals surface area contributed by atoms with Crippen LogP contribution in [0.2, 0.25) is 0 Å². The SMILES string of the molecule is NNC=NCCC(=O)N1CCC2(CC1)CCN(C(=O)CC[C@H](NS(=O)(=O)c1ccccc1)C(=O)O)CC2. The summed E-state index contributed by atoms with van der Waals surface area (Å²) >= 11 is 0. The minimum atomic E-state index is -4.01. The third-order valence-corrected chi connectivity index (χ3v) is 8.76. The summed E-state index contributed by atoms with van der Waals surface area (Å²) in [7, 11) is -4.01. The van der Waals surface area contributed by atoms with Gasteiger partial charge in [0.25, 0.3) is 0 Å². The number of carbonyl (C=O) groups excluding carboxylic acids is 2. The van der Waals surface area contributed by atoms with Gasteiger partial charge in [-0.1, -0.05) is 18.2 Å². The van der Waals surface area contributed by atoms with Crippen LogP contribution in [0.4, 0.5) is 0 Å². The van der Waals surface area contributed by atoms with Crippen LogP contribution in [0.3, 0.4) is 0 Å². The standard InChI is InChI=1S/C24H36N6O6S/c25-27-18-26-13-8-22(32)30-16-11-24(12-17-30)9-14-29(15-10-24)21(31)7-6-20(23(33)34)28-37(35,36)19-4-2-1-3-5-19/h1-5,18,20,28H,6-17,25H2,(H,26,27)(H,33,34)/t20-/m0/s1. The molecule has 3 rings (SSSR count). The number of sulfonamides is 1. The monoisotopic (exact) mass is 536 g/mol. The number of aliphatic carboxylic acids is 1. The van der Waals surface area contributed by atoms with Gasteiger partial charge in [-0.05, 0) is 49.7 Å². The van der Waals surface area contributed by atoms with Gasteiger partial charge in [-0.2, -0.15) is 4.72 Å². The van der Waals surface area contributed by atoms with Crippen molar-refractivity contribution < 1.29 is 27.9 Å². The van der Waals surface area contributed by atoms with E-state index in [4.69, 9.17) is 5.84 Å². The summed E-state index contributed by atoms with van der Waals surface area (Å²) < 4.78 is 27.2. The maximum Gasteiger partial charge on any atom is 0.321 e. The van der Waals surface area contributed by atoms with Gasteiger partial charge in [0.15, 0.2) is 0 Å². The smallest absolute Gasteiger partial charge is 0.321 e. The first kappa shape index (κ1) is 28.5. The molecule has 0 saturated carbocycles. The topological polar surface area (TPSA) is 174 Å². The number of benzene rings is 1. The Labute approximate surface area is 217 Å². The van der Waals surface area contributed by atoms with Crippen LogP contribution >= 0.6 is 0 Å². The number of hydrazine groups is 1. The number of hydrogen-bond donors (Lipinski definition) is 4. The van der Waals surface area contributed by atoms with E-state index in [0.29, 0.717) is 39.1 Å². The number of amides is 2. The first-order valence-corrected chi connectivity index (χ1v) is 13.9. The molecule has 2 heterocycles. The lowest BCUT2D eigenvalue weighted by atomic mass is 9.71. The maximum atomic E-state index is 12.8. The predicted octanol–water partition coefficient (Wildman–Crippen LogP) is 0.311. The van der Waals surface area contributed by atoms with Crippen molar-refractivity contribution in [2.45, 2.75) is 55.9 Å². The number of carbonyl (C=O) groups is 3. The van der Waals surface area contributed by atoms with E-state index in [1.807, 2.05) is 4.90 Å². The molecule has 5 N–H and O–H groups in total. The number of nitrogens with two attached hydrogens (primary N) is 1. The molecule has 0 unspecified atom stereocenters. The van der Waals surface area contributed by atoms with Crippen LogP contribution in [0.5, 0.6) is 0 Å². The van der Waals surface area contributed by atoms with E-state index >= 15 is 0 Å². The average molecular weight is 537 g/mol. The second kappa shape index (κ2) is 13.0. The highest BCUT2D eigenvalue weighted by molar-refractivity contribution is 7.89. The van der Waals surface area contributed by atoms with Gasteiger partial charge in [0.2, 0.25) is 21.8 Å². The summed E-state index contributed by atoms with van der Waals surface area (Å²) in [4.78, 5) is 44.4. The van der Waals surface area contributed by atoms with E-state index in [-0.39, 0.29) is 35.0 Å². The third kappa shape index (κ3) is 7.98. The normalized spacial score (nSPS) is 18.6. The zero-order valence-electron chi connectivity index (χ0n) is 20.8. The molecule has 13 heteroatoms. The van der Waals surface area contributed by atoms with Crippen LogP contribution in [-0.2, 0) is 24.4 Å². The molecule has 1 aromatic rings. The summed E-state index contributed by atoms with van der Waals surface area (Å²) in [6, 6.07) is 6.13. The van der Waals surface area contributed by atoms with E-state index in [0.717, 1.165) is 25.7 Å². The van der Waals surface area contributed by atoms with Crippen molar-refractivity contribution in [2.24, 2.45) is 16.3 Å². The molecular formula is C24H36N6O6S. The van der Waals surface area contributed by atoms with Crippen molar-refractivity contribution >= 4 is 34.1 Å². The molecule has 0 aromatic heterocycles. The fourth-order valence-electron chi connectivity index (χ4n) is 4.91. The lowest BCUT2D eigenvalue weighted by Crippen LogP contribution is -2.49. The zero-order valence-corrected chi connectivity index (χ0v) is 21.7. The number of piperidine rings is 2. The molecule has 2 saturated heterocycles. The van der Waals surface area contributed by atoms with Crippen LogP contribution in [0, 0.1) is 5.41 Å². The quantitative estimate of drug-likeness (QED) is 0.135. The predicted molar refractivity (Wildman–Crippen MR) is 137 cm³/mol. The van der Waals surface area contributed by atoms with Gasteiger partial charge >= 0.3 is 5.97 Å². The molecule has 0 radical (unpaired) electrons. The lowest BCUT2D eigenvalue weighted by molar-refractivity contribution is -0.139. The Kier molecular flexibility index (Phi) is 10.0. The Hall–Kier alpha value is -3.03. The zero-order chi connectivity index (χ0) is 26.9. The van der Waals surface area contributed by atoms with Crippen molar-refractivity contribution in [3.63, 3.8) is 0 Å². The molecule has 0 bridgehead atoms. The molecular weight excluding hydrogens is 500 g/mol. The Morgan fingerprint density at radius 1 is 1.00 bits per heavy atom. The molecule has 2 aliphatic heterocycles. The van der Waals surface area contributed by atoms with Crippen molar-refractivity contribution in [3.05, 3.63) is 30.3 Å². The van der Waals surface area contributed by atoms with Gasteiger partial charge in [-0.25, -0.2) is 14.3 Å². The fourth-order valence-corrected chi connectivity index (χ4v) is 6.15. The first-order chi connectivity index (χ1) is 17.7. The molecule has 1 aromatic carbocycles. The highest BCUT2D eigenvalue weighted by Crippen LogP contribution is 2.41. The van der Waals surface area contributed by atoms with Gasteiger partial charge < -0.3 is 20.3 Å². The van der Waals surface area contributed by atoms with E-state index in [9.17, 15) is 27.9 Å². The molecule has 2 aliphatic rings. The highest BCUT2D eigenvalue weighted by atomic mass is 32.2. The minimum Gasteiger partial charge on any atom is -0.480 e. The van der Waals surface area contributed by atoms with Crippen LogP contribution in [-0.4, -0.2) is 86.2 Å². The van der Waals surface area contributed by atoms with Gasteiger partial charge in [0, 0.05) is 45.6 Å². The number of hydrogen-bond acceptors (Lipinski definition) is 7. The van der Waals surface area contributed by atoms with E-state index in [1.54, 1.807) is 23.1 Å². The van der Waals surface area contributed by atoms with Crippen LogP contribution in [0.25, 0.3) is 0 Å². The maximum absolute atomic E-state index is 12.8. The average Bonchev–Trinajstić information content (AvgIpc) is 2.90. The van der Waals surface area contributed by atoms with Crippen LogP contribution in [0.15, 0.2) is 40.2 Å². The number of carboxylic acid groups (broad SMARTS) is 1. The second-order valence-corrected chi connectivity index (χ2v) is 11.3. The van der Waals surface area contributed by atoms with E-state index in [2.05, 4.69) is 15.1 Å². The van der Waals surface area contributed by atoms with Crippen molar-refractivity contribution in [3.8, 4) is 0 Å². The van der Waals surface area contributed by atoms with Crippen LogP contribution in [0.1, 0.15) is 44.9 Å². The van der Waals surface area contributed by atoms with Gasteiger partial charge in [-0.3, -0.25) is 19.4 Å². The molecule has 1 atom stereocenters. The lowest BCUT2D eigenvalue weighted by Gasteiger charge is -2.47. The number of carboxylic acids is 1. The summed E-state index contributed by atoms with van der Waals surface area (Å²) in [5, 5.41) is 9.51. The first-order valence-electron chi connectivity index (χ1n) is 12.5.